The molecule has 12 aromatic rings. The Kier molecular flexibility index (Phi) is 7.23. The number of benzene rings is 9. The second kappa shape index (κ2) is 12.9. The van der Waals surface area contributed by atoms with Crippen LogP contribution in [0.2, 0.25) is 0 Å². The summed E-state index contributed by atoms with van der Waals surface area (Å²) in [6.45, 7) is 0. The van der Waals surface area contributed by atoms with Crippen LogP contribution in [-0.2, 0) is 0 Å². The molecule has 0 aliphatic carbocycles. The van der Waals surface area contributed by atoms with Gasteiger partial charge in [0.1, 0.15) is 0 Å². The van der Waals surface area contributed by atoms with Crippen molar-refractivity contribution in [3.63, 3.8) is 0 Å². The Bertz CT molecular complexity index is 3540. The summed E-state index contributed by atoms with van der Waals surface area (Å²) in [7, 11) is 0. The van der Waals surface area contributed by atoms with E-state index in [4.69, 9.17) is 0 Å². The van der Waals surface area contributed by atoms with E-state index in [-0.39, 0.29) is 0 Å². The van der Waals surface area contributed by atoms with Crippen molar-refractivity contribution in [2.75, 3.05) is 0 Å². The summed E-state index contributed by atoms with van der Waals surface area (Å²) < 4.78 is 4.70. The monoisotopic (exact) mass is 737 g/mol. The number of hydrogen-bond donors (Lipinski definition) is 0. The van der Waals surface area contributed by atoms with Crippen LogP contribution in [0.1, 0.15) is 0 Å². The lowest BCUT2D eigenvalue weighted by atomic mass is 9.83. The Morgan fingerprint density at radius 3 is 1.36 bits per heavy atom. The van der Waals surface area contributed by atoms with Gasteiger partial charge >= 0.3 is 0 Å². The molecular weight excluding hydrogens is 703 g/mol. The molecule has 0 aliphatic rings. The molecule has 58 heavy (non-hydrogen) atoms. The van der Waals surface area contributed by atoms with Crippen LogP contribution in [0.25, 0.3) is 110 Å². The highest BCUT2D eigenvalue weighted by atomic mass is 15.0. The SMILES string of the molecule is c1ccc(-n2cc(-c3c4ccccc4c(-c4cn(-c5ccccc5)c5ccccc45)c4cc5c(cc34)c(-c3cccnc3)cc3ccccc35)c3ccccc32)cc1. The van der Waals surface area contributed by atoms with E-state index in [0.29, 0.717) is 0 Å². The van der Waals surface area contributed by atoms with Crippen LogP contribution in [0.15, 0.2) is 213 Å². The zero-order chi connectivity index (χ0) is 38.2. The highest BCUT2D eigenvalue weighted by Gasteiger charge is 2.24. The first-order valence-electron chi connectivity index (χ1n) is 19.9. The zero-order valence-electron chi connectivity index (χ0n) is 31.5. The molecule has 0 atom stereocenters. The van der Waals surface area contributed by atoms with Gasteiger partial charge in [-0.1, -0.05) is 127 Å². The van der Waals surface area contributed by atoms with Gasteiger partial charge in [-0.2, -0.15) is 0 Å². The fourth-order valence-electron chi connectivity index (χ4n) is 9.47. The van der Waals surface area contributed by atoms with Crippen molar-refractivity contribution in [3.05, 3.63) is 213 Å². The molecule has 0 radical (unpaired) electrons. The van der Waals surface area contributed by atoms with Gasteiger partial charge in [-0.05, 0) is 120 Å². The van der Waals surface area contributed by atoms with Crippen LogP contribution in [0.5, 0.6) is 0 Å². The van der Waals surface area contributed by atoms with Gasteiger partial charge in [-0.3, -0.25) is 4.98 Å². The average molecular weight is 738 g/mol. The third-order valence-electron chi connectivity index (χ3n) is 12.0. The summed E-state index contributed by atoms with van der Waals surface area (Å²) in [6.07, 6.45) is 8.56. The van der Waals surface area contributed by atoms with Crippen molar-refractivity contribution >= 4 is 64.9 Å². The van der Waals surface area contributed by atoms with E-state index in [1.807, 2.05) is 18.5 Å². The molecule has 0 amide bonds. The van der Waals surface area contributed by atoms with E-state index in [1.54, 1.807) is 0 Å². The molecule has 0 N–H and O–H groups in total. The molecule has 0 bridgehead atoms. The van der Waals surface area contributed by atoms with Crippen molar-refractivity contribution in [1.82, 2.24) is 14.1 Å². The van der Waals surface area contributed by atoms with E-state index in [2.05, 4.69) is 209 Å². The van der Waals surface area contributed by atoms with E-state index >= 15 is 0 Å². The fraction of sp³-hybridized carbons (Fsp3) is 0. The highest BCUT2D eigenvalue weighted by molar-refractivity contribution is 6.29. The van der Waals surface area contributed by atoms with Gasteiger partial charge in [0.15, 0.2) is 0 Å². The molecule has 0 unspecified atom stereocenters. The molecule has 0 fully saturated rings. The predicted molar refractivity (Wildman–Crippen MR) is 244 cm³/mol. The molecule has 3 aromatic heterocycles. The summed E-state index contributed by atoms with van der Waals surface area (Å²) in [4.78, 5) is 4.59. The first-order chi connectivity index (χ1) is 28.8. The number of para-hydroxylation sites is 4. The standard InChI is InChI=1S/C55H35N3/c1-3-18-38(19-4-1)57-34-50(41-23-11-13-27-52(41)57)54-43-25-9-10-26-44(43)55(51-35-58(39-20-5-2-6-21-39)53-28-14-12-24-42(51)53)49-32-47-45(37-17-15-29-56-33-37)30-36-16-7-8-22-40(36)46(47)31-48(49)54/h1-35H. The summed E-state index contributed by atoms with van der Waals surface area (Å²) >= 11 is 0. The van der Waals surface area contributed by atoms with Crippen LogP contribution in [0, 0.1) is 0 Å². The summed E-state index contributed by atoms with van der Waals surface area (Å²) in [5.74, 6) is 0. The van der Waals surface area contributed by atoms with Gasteiger partial charge in [0, 0.05) is 63.6 Å². The van der Waals surface area contributed by atoms with Gasteiger partial charge < -0.3 is 9.13 Å². The number of rotatable bonds is 5. The van der Waals surface area contributed by atoms with Crippen molar-refractivity contribution in [3.8, 4) is 44.8 Å². The lowest BCUT2D eigenvalue weighted by molar-refractivity contribution is 1.13. The minimum atomic E-state index is 1.10. The molecule has 12 rings (SSSR count). The quantitative estimate of drug-likeness (QED) is 0.127. The van der Waals surface area contributed by atoms with Crippen molar-refractivity contribution in [1.29, 1.82) is 0 Å². The van der Waals surface area contributed by atoms with Crippen molar-refractivity contribution in [2.45, 2.75) is 0 Å². The molecule has 0 saturated carbocycles. The van der Waals surface area contributed by atoms with Crippen LogP contribution >= 0.6 is 0 Å². The smallest absolute Gasteiger partial charge is 0.0534 e. The molecular formula is C55H35N3. The predicted octanol–water partition coefficient (Wildman–Crippen LogP) is 14.6. The second-order valence-corrected chi connectivity index (χ2v) is 15.2. The number of nitrogens with zero attached hydrogens (tertiary/aromatic N) is 3. The maximum absolute atomic E-state index is 4.59. The molecule has 270 valence electrons. The first kappa shape index (κ1) is 32.5. The number of pyridine rings is 1. The van der Waals surface area contributed by atoms with Crippen LogP contribution in [-0.4, -0.2) is 14.1 Å². The minimum absolute atomic E-state index is 1.10. The molecule has 3 heterocycles. The molecule has 9 aromatic carbocycles. The Labute approximate surface area is 335 Å². The molecule has 0 aliphatic heterocycles. The van der Waals surface area contributed by atoms with Gasteiger partial charge in [0.05, 0.1) is 11.0 Å². The summed E-state index contributed by atoms with van der Waals surface area (Å²) in [5, 5.41) is 12.2. The molecule has 3 heteroatoms. The number of aromatic nitrogens is 3. The Balaban J connectivity index is 1.30. The summed E-state index contributed by atoms with van der Waals surface area (Å²) in [6, 6.07) is 68.4. The van der Waals surface area contributed by atoms with Gasteiger partial charge in [0.25, 0.3) is 0 Å². The Hall–Kier alpha value is -7.75. The number of hydrogen-bond acceptors (Lipinski definition) is 1. The van der Waals surface area contributed by atoms with Gasteiger partial charge in [0.2, 0.25) is 0 Å². The van der Waals surface area contributed by atoms with E-state index in [9.17, 15) is 0 Å². The Morgan fingerprint density at radius 2 is 0.810 bits per heavy atom. The van der Waals surface area contributed by atoms with E-state index in [1.165, 1.54) is 92.7 Å². The van der Waals surface area contributed by atoms with Crippen LogP contribution in [0.3, 0.4) is 0 Å². The number of fused-ring (bicyclic) bond motifs is 7. The zero-order valence-corrected chi connectivity index (χ0v) is 31.5. The Morgan fingerprint density at radius 1 is 0.328 bits per heavy atom. The second-order valence-electron chi connectivity index (χ2n) is 15.2. The lowest BCUT2D eigenvalue weighted by Gasteiger charge is -2.20. The maximum Gasteiger partial charge on any atom is 0.0534 e. The molecule has 3 nitrogen and oxygen atoms in total. The van der Waals surface area contributed by atoms with Crippen molar-refractivity contribution < 1.29 is 0 Å². The van der Waals surface area contributed by atoms with Gasteiger partial charge in [-0.15, -0.1) is 0 Å². The van der Waals surface area contributed by atoms with Gasteiger partial charge in [-0.25, -0.2) is 0 Å². The lowest BCUT2D eigenvalue weighted by Crippen LogP contribution is -1.93. The summed E-state index contributed by atoms with van der Waals surface area (Å²) in [5.41, 5.74) is 11.8. The fourth-order valence-corrected chi connectivity index (χ4v) is 9.47. The maximum atomic E-state index is 4.59. The highest BCUT2D eigenvalue weighted by Crippen LogP contribution is 2.50. The molecule has 0 spiro atoms. The average Bonchev–Trinajstić information content (AvgIpc) is 3.87. The van der Waals surface area contributed by atoms with Crippen LogP contribution in [0.4, 0.5) is 0 Å². The topological polar surface area (TPSA) is 22.8 Å². The van der Waals surface area contributed by atoms with E-state index < -0.39 is 0 Å². The third-order valence-corrected chi connectivity index (χ3v) is 12.0. The minimum Gasteiger partial charge on any atom is -0.316 e. The normalized spacial score (nSPS) is 11.8. The molecule has 0 saturated heterocycles. The van der Waals surface area contributed by atoms with E-state index in [0.717, 1.165) is 16.9 Å². The largest absolute Gasteiger partial charge is 0.316 e. The first-order valence-corrected chi connectivity index (χ1v) is 19.9. The third kappa shape index (κ3) is 4.90. The van der Waals surface area contributed by atoms with Crippen molar-refractivity contribution in [2.24, 2.45) is 0 Å². The van der Waals surface area contributed by atoms with Crippen LogP contribution < -0.4 is 0 Å².